The fourth-order valence-electron chi connectivity index (χ4n) is 7.62. The number of Topliss-reactive ketones (excluding diaryl/α,β-unsaturated/α-hetero) is 1. The van der Waals surface area contributed by atoms with E-state index in [2.05, 4.69) is 63.9 Å². The number of hydrogen-bond donors (Lipinski definition) is 0. The number of aryl methyl sites for hydroxylation is 1. The Balaban J connectivity index is 1.22. The monoisotopic (exact) mass is 517 g/mol. The minimum Gasteiger partial charge on any atom is -0.300 e. The largest absolute Gasteiger partial charge is 0.300 e. The molecule has 0 aromatic heterocycles. The Kier molecular flexibility index (Phi) is 9.82. The lowest BCUT2D eigenvalue weighted by atomic mass is 9.70. The quantitative estimate of drug-likeness (QED) is 0.259. The molecule has 0 N–H and O–H groups in total. The molecule has 5 atom stereocenters. The van der Waals surface area contributed by atoms with Crippen LogP contribution >= 0.6 is 0 Å². The van der Waals surface area contributed by atoms with Crippen molar-refractivity contribution in [2.24, 2.45) is 34.1 Å². The van der Waals surface area contributed by atoms with Gasteiger partial charge in [0.15, 0.2) is 0 Å². The highest BCUT2D eigenvalue weighted by Crippen LogP contribution is 2.51. The van der Waals surface area contributed by atoms with Gasteiger partial charge in [0, 0.05) is 30.5 Å². The van der Waals surface area contributed by atoms with E-state index in [9.17, 15) is 9.59 Å². The summed E-state index contributed by atoms with van der Waals surface area (Å²) in [5.41, 5.74) is 4.71. The van der Waals surface area contributed by atoms with E-state index in [4.69, 9.17) is 0 Å². The molecule has 0 heterocycles. The van der Waals surface area contributed by atoms with Crippen LogP contribution in [0.2, 0.25) is 0 Å². The van der Waals surface area contributed by atoms with E-state index in [-0.39, 0.29) is 5.91 Å². The fourth-order valence-corrected chi connectivity index (χ4v) is 7.62. The van der Waals surface area contributed by atoms with Crippen molar-refractivity contribution in [1.29, 1.82) is 0 Å². The summed E-state index contributed by atoms with van der Waals surface area (Å²) in [5, 5.41) is 0. The number of aliphatic imine (C=N–C) groups is 1. The number of amides is 1. The van der Waals surface area contributed by atoms with Gasteiger partial charge in [-0.2, -0.15) is 0 Å². The van der Waals surface area contributed by atoms with E-state index >= 15 is 0 Å². The molecule has 3 aliphatic carbocycles. The summed E-state index contributed by atoms with van der Waals surface area (Å²) < 4.78 is 0. The van der Waals surface area contributed by atoms with Crippen LogP contribution in [-0.4, -0.2) is 17.9 Å². The van der Waals surface area contributed by atoms with Crippen LogP contribution in [0.25, 0.3) is 5.57 Å². The Morgan fingerprint density at radius 2 is 1.74 bits per heavy atom. The minimum absolute atomic E-state index is 0.0701. The summed E-state index contributed by atoms with van der Waals surface area (Å²) in [7, 11) is 0. The molecule has 0 saturated heterocycles. The second-order valence-corrected chi connectivity index (χ2v) is 13.9. The van der Waals surface area contributed by atoms with Crippen LogP contribution in [0.4, 0.5) is 0 Å². The summed E-state index contributed by atoms with van der Waals surface area (Å²) in [4.78, 5) is 29.9. The molecule has 2 unspecified atom stereocenters. The zero-order valence-electron chi connectivity index (χ0n) is 24.7. The van der Waals surface area contributed by atoms with E-state index in [1.165, 1.54) is 43.2 Å². The van der Waals surface area contributed by atoms with Gasteiger partial charge in [-0.3, -0.25) is 9.59 Å². The highest BCUT2D eigenvalue weighted by atomic mass is 16.1. The molecule has 3 nitrogen and oxygen atoms in total. The molecule has 1 amide bonds. The number of carbonyl (C=O) groups excluding carboxylic acids is 2. The molecule has 3 heteroatoms. The topological polar surface area (TPSA) is 46.5 Å². The summed E-state index contributed by atoms with van der Waals surface area (Å²) in [5.74, 6) is 3.81. The second-order valence-electron chi connectivity index (χ2n) is 13.9. The first-order valence-electron chi connectivity index (χ1n) is 15.6. The van der Waals surface area contributed by atoms with E-state index in [0.29, 0.717) is 23.0 Å². The van der Waals surface area contributed by atoms with Crippen LogP contribution in [0.15, 0.2) is 29.3 Å². The van der Waals surface area contributed by atoms with Gasteiger partial charge in [0.1, 0.15) is 5.78 Å². The van der Waals surface area contributed by atoms with Crippen molar-refractivity contribution < 1.29 is 9.59 Å². The van der Waals surface area contributed by atoms with Crippen molar-refractivity contribution >= 4 is 23.5 Å². The van der Waals surface area contributed by atoms with Gasteiger partial charge in [-0.05, 0) is 111 Å². The van der Waals surface area contributed by atoms with Gasteiger partial charge < -0.3 is 0 Å². The fraction of sp³-hybridized carbons (Fsp3) is 0.686. The first-order chi connectivity index (χ1) is 18.1. The van der Waals surface area contributed by atoms with Crippen molar-refractivity contribution in [3.63, 3.8) is 0 Å². The Hall–Kier alpha value is -2.03. The van der Waals surface area contributed by atoms with Crippen molar-refractivity contribution in [3.8, 4) is 0 Å². The molecule has 2 fully saturated rings. The third-order valence-corrected chi connectivity index (χ3v) is 9.51. The van der Waals surface area contributed by atoms with E-state index in [1.54, 1.807) is 0 Å². The molecule has 2 saturated carbocycles. The van der Waals surface area contributed by atoms with Crippen LogP contribution in [-0.2, 0) is 9.59 Å². The molecule has 0 aliphatic heterocycles. The van der Waals surface area contributed by atoms with Crippen LogP contribution < -0.4 is 0 Å². The molecule has 2 bridgehead atoms. The zero-order chi connectivity index (χ0) is 27.3. The summed E-state index contributed by atoms with van der Waals surface area (Å²) in [6.07, 6.45) is 18.4. The molecule has 3 aliphatic rings. The number of allylic oxidation sites excluding steroid dienone is 1. The summed E-state index contributed by atoms with van der Waals surface area (Å²) >= 11 is 0. The van der Waals surface area contributed by atoms with Crippen LogP contribution in [0, 0.1) is 36.0 Å². The summed E-state index contributed by atoms with van der Waals surface area (Å²) in [6.45, 7) is 11.1. The van der Waals surface area contributed by atoms with Crippen LogP contribution in [0.5, 0.6) is 0 Å². The Morgan fingerprint density at radius 3 is 2.42 bits per heavy atom. The normalized spacial score (nSPS) is 26.6. The lowest BCUT2D eigenvalue weighted by Gasteiger charge is -2.35. The molecule has 208 valence electrons. The Morgan fingerprint density at radius 1 is 1.03 bits per heavy atom. The molecule has 1 aromatic carbocycles. The molecule has 0 spiro atoms. The standard InChI is InChI=1S/C35H51NO2/c1-6-9-26-23-33(32-20-24(2)13-16-31(26)32)34(38)36-19-17-25-21-27-14-15-28(22-25)30(27)12-7-10-29(37)11-8-18-35(3,4)5/h13,16,19-20,23,25-28,30H,6-12,14-15,17-18,21-22H2,1-5H3/b36-19+/t25-,26?,27-,28?,30-/m1/s1. The molecule has 0 radical (unpaired) electrons. The van der Waals surface area contributed by atoms with Gasteiger partial charge >= 0.3 is 0 Å². The number of carbonyl (C=O) groups is 2. The van der Waals surface area contributed by atoms with Crippen LogP contribution in [0.1, 0.15) is 134 Å². The average Bonchev–Trinajstić information content (AvgIpc) is 3.31. The van der Waals surface area contributed by atoms with Gasteiger partial charge in [-0.1, -0.05) is 64.0 Å². The maximum absolute atomic E-state index is 13.1. The zero-order valence-corrected chi connectivity index (χ0v) is 24.7. The predicted molar refractivity (Wildman–Crippen MR) is 160 cm³/mol. The summed E-state index contributed by atoms with van der Waals surface area (Å²) in [6, 6.07) is 6.51. The van der Waals surface area contributed by atoms with Gasteiger partial charge in [-0.15, -0.1) is 0 Å². The molecular weight excluding hydrogens is 466 g/mol. The molecular formula is C35H51NO2. The number of nitrogens with zero attached hydrogens (tertiary/aromatic N) is 1. The Labute approximate surface area is 232 Å². The predicted octanol–water partition coefficient (Wildman–Crippen LogP) is 9.27. The lowest BCUT2D eigenvalue weighted by molar-refractivity contribution is -0.119. The lowest BCUT2D eigenvalue weighted by Crippen LogP contribution is -2.26. The second kappa shape index (κ2) is 12.9. The minimum atomic E-state index is -0.0701. The molecule has 1 aromatic rings. The van der Waals surface area contributed by atoms with Crippen molar-refractivity contribution in [2.45, 2.75) is 124 Å². The molecule has 38 heavy (non-hydrogen) atoms. The van der Waals surface area contributed by atoms with Crippen molar-refractivity contribution in [3.05, 3.63) is 41.0 Å². The van der Waals surface area contributed by atoms with E-state index in [1.807, 2.05) is 6.21 Å². The number of benzene rings is 1. The van der Waals surface area contributed by atoms with Crippen molar-refractivity contribution in [2.75, 3.05) is 0 Å². The van der Waals surface area contributed by atoms with Gasteiger partial charge in [-0.25, -0.2) is 4.99 Å². The average molecular weight is 518 g/mol. The maximum Gasteiger partial charge on any atom is 0.276 e. The molecule has 4 rings (SSSR count). The third-order valence-electron chi connectivity index (χ3n) is 9.51. The van der Waals surface area contributed by atoms with Gasteiger partial charge in [0.25, 0.3) is 5.91 Å². The Bertz CT molecular complexity index is 1030. The van der Waals surface area contributed by atoms with E-state index in [0.717, 1.165) is 80.3 Å². The van der Waals surface area contributed by atoms with Gasteiger partial charge in [0.2, 0.25) is 0 Å². The van der Waals surface area contributed by atoms with E-state index < -0.39 is 0 Å². The first-order valence-corrected chi connectivity index (χ1v) is 15.6. The first kappa shape index (κ1) is 29.0. The third kappa shape index (κ3) is 7.54. The number of rotatable bonds is 12. The van der Waals surface area contributed by atoms with Crippen LogP contribution in [0.3, 0.4) is 0 Å². The number of ketones is 1. The smallest absolute Gasteiger partial charge is 0.276 e. The highest BCUT2D eigenvalue weighted by molar-refractivity contribution is 6.23. The highest BCUT2D eigenvalue weighted by Gasteiger charge is 2.41. The van der Waals surface area contributed by atoms with Crippen molar-refractivity contribution in [1.82, 2.24) is 0 Å². The SMILES string of the molecule is CCCC1C=C(C(=O)/N=C/C[C@H]2CC3CC[C@H](C2)[C@H]3CCCC(=O)CCCC(C)(C)C)c2cc(C)ccc21. The van der Waals surface area contributed by atoms with Gasteiger partial charge in [0.05, 0.1) is 0 Å². The number of fused-ring (bicyclic) bond motifs is 3. The number of hydrogen-bond acceptors (Lipinski definition) is 2. The maximum atomic E-state index is 13.1.